The molecule has 1 atom stereocenters. The van der Waals surface area contributed by atoms with Gasteiger partial charge >= 0.3 is 5.51 Å². The SMILES string of the molecule is O=C1c2ccccc2C(=O)N1CCCC(I)CSC(F)(F)F. The van der Waals surface area contributed by atoms with Crippen LogP contribution in [-0.4, -0.2) is 38.4 Å². The van der Waals surface area contributed by atoms with E-state index in [0.717, 1.165) is 0 Å². The van der Waals surface area contributed by atoms with Crippen molar-refractivity contribution in [3.63, 3.8) is 0 Å². The number of thioether (sulfide) groups is 1. The number of carbonyl (C=O) groups excluding carboxylic acids is 2. The summed E-state index contributed by atoms with van der Waals surface area (Å²) in [6.07, 6.45) is 1.02. The van der Waals surface area contributed by atoms with Crippen molar-refractivity contribution >= 4 is 46.2 Å². The van der Waals surface area contributed by atoms with Crippen molar-refractivity contribution in [1.29, 1.82) is 0 Å². The lowest BCUT2D eigenvalue weighted by molar-refractivity contribution is -0.0327. The fourth-order valence-electron chi connectivity index (χ4n) is 2.18. The minimum Gasteiger partial charge on any atom is -0.274 e. The van der Waals surface area contributed by atoms with Gasteiger partial charge in [0.1, 0.15) is 0 Å². The zero-order chi connectivity index (χ0) is 16.3. The number of amides is 2. The van der Waals surface area contributed by atoms with Crippen molar-refractivity contribution < 1.29 is 22.8 Å². The summed E-state index contributed by atoms with van der Waals surface area (Å²) in [6, 6.07) is 6.61. The number of carbonyl (C=O) groups is 2. The van der Waals surface area contributed by atoms with E-state index < -0.39 is 5.51 Å². The molecule has 0 saturated carbocycles. The number of hydrogen-bond donors (Lipinski definition) is 0. The lowest BCUT2D eigenvalue weighted by atomic mass is 10.1. The smallest absolute Gasteiger partial charge is 0.274 e. The molecule has 1 unspecified atom stereocenters. The van der Waals surface area contributed by atoms with Crippen LogP contribution < -0.4 is 0 Å². The summed E-state index contributed by atoms with van der Waals surface area (Å²) in [4.78, 5) is 25.4. The van der Waals surface area contributed by atoms with Gasteiger partial charge in [0, 0.05) is 16.2 Å². The Kier molecular flexibility index (Phi) is 5.76. The van der Waals surface area contributed by atoms with Crippen LogP contribution in [0.4, 0.5) is 13.2 Å². The molecule has 0 aromatic heterocycles. The summed E-state index contributed by atoms with van der Waals surface area (Å²) in [6.45, 7) is 0.239. The highest BCUT2D eigenvalue weighted by molar-refractivity contribution is 14.1. The molecular formula is C14H13F3INO2S. The number of benzene rings is 1. The third kappa shape index (κ3) is 4.37. The molecule has 0 saturated heterocycles. The monoisotopic (exact) mass is 443 g/mol. The molecule has 1 aromatic carbocycles. The molecule has 120 valence electrons. The average molecular weight is 443 g/mol. The first kappa shape index (κ1) is 17.6. The zero-order valence-corrected chi connectivity index (χ0v) is 14.4. The normalized spacial score (nSPS) is 16.1. The third-order valence-corrected chi connectivity index (χ3v) is 5.76. The first-order valence-electron chi connectivity index (χ1n) is 6.59. The summed E-state index contributed by atoms with van der Waals surface area (Å²) >= 11 is 1.93. The molecular weight excluding hydrogens is 430 g/mol. The number of fused-ring (bicyclic) bond motifs is 1. The molecule has 8 heteroatoms. The molecule has 22 heavy (non-hydrogen) atoms. The molecule has 1 heterocycles. The Balaban J connectivity index is 1.81. The Morgan fingerprint density at radius 3 is 2.18 bits per heavy atom. The maximum atomic E-state index is 12.1. The van der Waals surface area contributed by atoms with Crippen molar-refractivity contribution in [2.75, 3.05) is 12.3 Å². The predicted molar refractivity (Wildman–Crippen MR) is 87.4 cm³/mol. The zero-order valence-electron chi connectivity index (χ0n) is 11.4. The molecule has 0 bridgehead atoms. The van der Waals surface area contributed by atoms with Gasteiger partial charge < -0.3 is 0 Å². The number of alkyl halides is 4. The fourth-order valence-corrected chi connectivity index (χ4v) is 3.70. The van der Waals surface area contributed by atoms with Crippen molar-refractivity contribution in [3.05, 3.63) is 35.4 Å². The van der Waals surface area contributed by atoms with Gasteiger partial charge in [0.15, 0.2) is 0 Å². The van der Waals surface area contributed by atoms with Crippen LogP contribution in [0.5, 0.6) is 0 Å². The summed E-state index contributed by atoms with van der Waals surface area (Å²) in [7, 11) is 0. The second-order valence-corrected chi connectivity index (χ2v) is 7.65. The van der Waals surface area contributed by atoms with Gasteiger partial charge in [0.2, 0.25) is 0 Å². The summed E-state index contributed by atoms with van der Waals surface area (Å²) in [5, 5.41) is 0. The van der Waals surface area contributed by atoms with E-state index in [4.69, 9.17) is 0 Å². The standard InChI is InChI=1S/C14H13F3INO2S/c15-14(16,17)22-8-9(18)4-3-7-19-12(20)10-5-1-2-6-11(10)13(19)21/h1-2,5-6,9H,3-4,7-8H2. The quantitative estimate of drug-likeness (QED) is 0.377. The highest BCUT2D eigenvalue weighted by Gasteiger charge is 2.34. The number of hydrogen-bond acceptors (Lipinski definition) is 3. The average Bonchev–Trinajstić information content (AvgIpc) is 2.70. The molecule has 3 nitrogen and oxygen atoms in total. The third-order valence-electron chi connectivity index (χ3n) is 3.21. The van der Waals surface area contributed by atoms with Crippen LogP contribution in [0.1, 0.15) is 33.6 Å². The molecule has 1 aromatic rings. The molecule has 0 radical (unpaired) electrons. The van der Waals surface area contributed by atoms with Gasteiger partial charge in [-0.1, -0.05) is 34.7 Å². The predicted octanol–water partition coefficient (Wildman–Crippen LogP) is 4.12. The lowest BCUT2D eigenvalue weighted by Crippen LogP contribution is -2.31. The summed E-state index contributed by atoms with van der Waals surface area (Å²) in [5.41, 5.74) is -3.43. The lowest BCUT2D eigenvalue weighted by Gasteiger charge is -2.15. The van der Waals surface area contributed by atoms with Crippen LogP contribution in [0, 0.1) is 0 Å². The summed E-state index contributed by atoms with van der Waals surface area (Å²) < 4.78 is 36.1. The maximum absolute atomic E-state index is 12.1. The molecule has 1 aliphatic rings. The van der Waals surface area contributed by atoms with Crippen molar-refractivity contribution in [3.8, 4) is 0 Å². The van der Waals surface area contributed by atoms with Crippen molar-refractivity contribution in [2.24, 2.45) is 0 Å². The van der Waals surface area contributed by atoms with E-state index in [1.807, 2.05) is 22.6 Å². The Labute approximate surface area is 143 Å². The largest absolute Gasteiger partial charge is 0.441 e. The fraction of sp³-hybridized carbons (Fsp3) is 0.429. The number of halogens is 4. The minimum absolute atomic E-state index is 0.0216. The van der Waals surface area contributed by atoms with Crippen LogP contribution in [-0.2, 0) is 0 Å². The van der Waals surface area contributed by atoms with Crippen LogP contribution in [0.15, 0.2) is 24.3 Å². The molecule has 0 spiro atoms. The van der Waals surface area contributed by atoms with E-state index in [1.165, 1.54) is 4.90 Å². The van der Waals surface area contributed by atoms with Crippen LogP contribution in [0.2, 0.25) is 0 Å². The Hall–Kier alpha value is -0.770. The molecule has 2 amide bonds. The second kappa shape index (κ2) is 7.20. The Morgan fingerprint density at radius 1 is 1.14 bits per heavy atom. The molecule has 0 N–H and O–H groups in total. The van der Waals surface area contributed by atoms with E-state index in [1.54, 1.807) is 24.3 Å². The second-order valence-electron chi connectivity index (χ2n) is 4.80. The van der Waals surface area contributed by atoms with E-state index in [9.17, 15) is 22.8 Å². The first-order valence-corrected chi connectivity index (χ1v) is 8.82. The number of rotatable bonds is 6. The van der Waals surface area contributed by atoms with E-state index >= 15 is 0 Å². The topological polar surface area (TPSA) is 37.4 Å². The molecule has 1 aliphatic heterocycles. The van der Waals surface area contributed by atoms with Gasteiger partial charge in [-0.05, 0) is 36.7 Å². The van der Waals surface area contributed by atoms with Gasteiger partial charge in [-0.2, -0.15) is 13.2 Å². The van der Waals surface area contributed by atoms with Crippen molar-refractivity contribution in [2.45, 2.75) is 22.3 Å². The van der Waals surface area contributed by atoms with Gasteiger partial charge in [-0.3, -0.25) is 14.5 Å². The van der Waals surface area contributed by atoms with Gasteiger partial charge in [-0.25, -0.2) is 0 Å². The van der Waals surface area contributed by atoms with Gasteiger partial charge in [0.25, 0.3) is 11.8 Å². The maximum Gasteiger partial charge on any atom is 0.441 e. The van der Waals surface area contributed by atoms with Gasteiger partial charge in [0.05, 0.1) is 11.1 Å². The van der Waals surface area contributed by atoms with E-state index in [-0.39, 0.29) is 39.8 Å². The Bertz CT molecular complexity index is 544. The van der Waals surface area contributed by atoms with E-state index in [2.05, 4.69) is 0 Å². The Morgan fingerprint density at radius 2 is 1.68 bits per heavy atom. The van der Waals surface area contributed by atoms with Crippen LogP contribution >= 0.6 is 34.4 Å². The minimum atomic E-state index is -4.22. The number of nitrogens with zero attached hydrogens (tertiary/aromatic N) is 1. The molecule has 0 aliphatic carbocycles. The van der Waals surface area contributed by atoms with Crippen LogP contribution in [0.25, 0.3) is 0 Å². The molecule has 0 fully saturated rings. The van der Waals surface area contributed by atoms with Gasteiger partial charge in [-0.15, -0.1) is 0 Å². The summed E-state index contributed by atoms with van der Waals surface area (Å²) in [5.74, 6) is -0.669. The van der Waals surface area contributed by atoms with Crippen LogP contribution in [0.3, 0.4) is 0 Å². The highest BCUT2D eigenvalue weighted by atomic mass is 127. The first-order chi connectivity index (χ1) is 10.3. The highest BCUT2D eigenvalue weighted by Crippen LogP contribution is 2.32. The molecule has 2 rings (SSSR count). The number of imide groups is 1. The van der Waals surface area contributed by atoms with Crippen molar-refractivity contribution in [1.82, 2.24) is 4.90 Å². The van der Waals surface area contributed by atoms with E-state index in [0.29, 0.717) is 24.0 Å².